The molecule has 0 spiro atoms. The normalized spacial score (nSPS) is 17.6. The molecule has 1 saturated carbocycles. The SMILES string of the molecule is O=C(Nc1ccc(F)c(F)c1)C1CCN(S(=O)(=O)c2ccc(-c3noc(C4CC4)n3)cc2)CC1. The van der Waals surface area contributed by atoms with Crippen molar-refractivity contribution < 1.29 is 26.5 Å². The Kier molecular flexibility index (Phi) is 5.90. The average molecular weight is 489 g/mol. The number of anilines is 1. The molecule has 0 unspecified atom stereocenters. The third-order valence-electron chi connectivity index (χ3n) is 6.13. The lowest BCUT2D eigenvalue weighted by atomic mass is 9.97. The minimum atomic E-state index is -3.73. The maximum absolute atomic E-state index is 13.4. The van der Waals surface area contributed by atoms with Gasteiger partial charge in [-0.2, -0.15) is 9.29 Å². The summed E-state index contributed by atoms with van der Waals surface area (Å²) in [6.07, 6.45) is 2.73. The standard InChI is InChI=1S/C23H22F2N4O4S/c24-19-8-5-17(13-20(19)25)26-22(30)15-9-11-29(12-10-15)34(31,32)18-6-3-14(4-7-18)21-27-23(33-28-21)16-1-2-16/h3-8,13,15-16H,1-2,9-12H2,(H,26,30). The highest BCUT2D eigenvalue weighted by molar-refractivity contribution is 7.89. The minimum Gasteiger partial charge on any atom is -0.339 e. The van der Waals surface area contributed by atoms with E-state index in [2.05, 4.69) is 15.5 Å². The molecule has 0 atom stereocenters. The third-order valence-corrected chi connectivity index (χ3v) is 8.04. The van der Waals surface area contributed by atoms with Crippen LogP contribution in [0.3, 0.4) is 0 Å². The van der Waals surface area contributed by atoms with Gasteiger partial charge in [-0.3, -0.25) is 4.79 Å². The Hall–Kier alpha value is -3.18. The third kappa shape index (κ3) is 4.58. The van der Waals surface area contributed by atoms with Gasteiger partial charge in [0.25, 0.3) is 0 Å². The lowest BCUT2D eigenvalue weighted by Crippen LogP contribution is -2.41. The van der Waals surface area contributed by atoms with Crippen LogP contribution in [0.2, 0.25) is 0 Å². The number of nitrogens with one attached hydrogen (secondary N) is 1. The Morgan fingerprint density at radius 1 is 1.00 bits per heavy atom. The van der Waals surface area contributed by atoms with Gasteiger partial charge in [0.05, 0.1) is 4.90 Å². The highest BCUT2D eigenvalue weighted by Gasteiger charge is 2.33. The summed E-state index contributed by atoms with van der Waals surface area (Å²) in [5.41, 5.74) is 0.826. The zero-order valence-corrected chi connectivity index (χ0v) is 18.9. The topological polar surface area (TPSA) is 105 Å². The van der Waals surface area contributed by atoms with E-state index in [0.717, 1.165) is 25.0 Å². The average Bonchev–Trinajstić information content (AvgIpc) is 3.58. The molecule has 0 bridgehead atoms. The number of nitrogens with zero attached hydrogens (tertiary/aromatic N) is 3. The summed E-state index contributed by atoms with van der Waals surface area (Å²) in [7, 11) is -3.73. The van der Waals surface area contributed by atoms with Crippen molar-refractivity contribution in [3.8, 4) is 11.4 Å². The fourth-order valence-corrected chi connectivity index (χ4v) is 5.42. The number of carbonyl (C=O) groups excluding carboxylic acids is 1. The first kappa shape index (κ1) is 22.6. The van der Waals surface area contributed by atoms with E-state index < -0.39 is 27.6 Å². The van der Waals surface area contributed by atoms with Gasteiger partial charge < -0.3 is 9.84 Å². The van der Waals surface area contributed by atoms with Gasteiger partial charge in [-0.05, 0) is 62.1 Å². The fourth-order valence-electron chi connectivity index (χ4n) is 3.95. The van der Waals surface area contributed by atoms with E-state index in [9.17, 15) is 22.0 Å². The van der Waals surface area contributed by atoms with Crippen molar-refractivity contribution in [1.82, 2.24) is 14.4 Å². The van der Waals surface area contributed by atoms with Crippen LogP contribution in [0.25, 0.3) is 11.4 Å². The number of aromatic nitrogens is 2. The van der Waals surface area contributed by atoms with E-state index in [4.69, 9.17) is 4.52 Å². The zero-order chi connectivity index (χ0) is 23.9. The molecule has 5 rings (SSSR count). The molecule has 11 heteroatoms. The molecule has 0 radical (unpaired) electrons. The summed E-state index contributed by atoms with van der Waals surface area (Å²) in [6.45, 7) is 0.352. The summed E-state index contributed by atoms with van der Waals surface area (Å²) in [5.74, 6) is -1.44. The zero-order valence-electron chi connectivity index (χ0n) is 18.1. The smallest absolute Gasteiger partial charge is 0.243 e. The molecule has 2 heterocycles. The number of hydrogen-bond acceptors (Lipinski definition) is 6. The Balaban J connectivity index is 1.20. The molecule has 178 valence electrons. The van der Waals surface area contributed by atoms with Gasteiger partial charge in [0.15, 0.2) is 11.6 Å². The van der Waals surface area contributed by atoms with Crippen LogP contribution in [-0.2, 0) is 14.8 Å². The lowest BCUT2D eigenvalue weighted by Gasteiger charge is -2.30. The number of amides is 1. The Morgan fingerprint density at radius 3 is 2.35 bits per heavy atom. The van der Waals surface area contributed by atoms with Gasteiger partial charge in [0.1, 0.15) is 0 Å². The molecule has 34 heavy (non-hydrogen) atoms. The van der Waals surface area contributed by atoms with Crippen molar-refractivity contribution in [2.24, 2.45) is 5.92 Å². The van der Waals surface area contributed by atoms with Crippen LogP contribution in [0.5, 0.6) is 0 Å². The Labute approximate surface area is 195 Å². The number of hydrogen-bond donors (Lipinski definition) is 1. The van der Waals surface area contributed by atoms with Crippen LogP contribution in [0.15, 0.2) is 51.9 Å². The number of benzene rings is 2. The fraction of sp³-hybridized carbons (Fsp3) is 0.348. The van der Waals surface area contributed by atoms with Crippen LogP contribution in [0.4, 0.5) is 14.5 Å². The van der Waals surface area contributed by atoms with Gasteiger partial charge >= 0.3 is 0 Å². The molecule has 1 aliphatic carbocycles. The van der Waals surface area contributed by atoms with Crippen LogP contribution in [0.1, 0.15) is 37.5 Å². The maximum Gasteiger partial charge on any atom is 0.243 e. The van der Waals surface area contributed by atoms with Crippen LogP contribution in [-0.4, -0.2) is 41.9 Å². The number of rotatable bonds is 6. The monoisotopic (exact) mass is 488 g/mol. The van der Waals surface area contributed by atoms with Crippen molar-refractivity contribution >= 4 is 21.6 Å². The van der Waals surface area contributed by atoms with E-state index in [1.54, 1.807) is 12.1 Å². The maximum atomic E-state index is 13.4. The number of piperidine rings is 1. The van der Waals surface area contributed by atoms with Crippen molar-refractivity contribution in [2.45, 2.75) is 36.5 Å². The summed E-state index contributed by atoms with van der Waals surface area (Å²) in [6, 6.07) is 9.46. The van der Waals surface area contributed by atoms with Crippen LogP contribution < -0.4 is 5.32 Å². The largest absolute Gasteiger partial charge is 0.339 e. The molecule has 1 N–H and O–H groups in total. The summed E-state index contributed by atoms with van der Waals surface area (Å²) in [4.78, 5) is 17.0. The van der Waals surface area contributed by atoms with Crippen molar-refractivity contribution in [1.29, 1.82) is 0 Å². The second kappa shape index (κ2) is 8.88. The molecule has 2 fully saturated rings. The number of carbonyl (C=O) groups is 1. The minimum absolute atomic E-state index is 0.145. The molecular weight excluding hydrogens is 466 g/mol. The van der Waals surface area contributed by atoms with Crippen LogP contribution in [0, 0.1) is 17.6 Å². The van der Waals surface area contributed by atoms with Gasteiger partial charge in [-0.15, -0.1) is 0 Å². The second-order valence-electron chi connectivity index (χ2n) is 8.55. The number of halogens is 2. The van der Waals surface area contributed by atoms with Gasteiger partial charge in [0.2, 0.25) is 27.6 Å². The predicted octanol–water partition coefficient (Wildman–Crippen LogP) is 3.93. The molecule has 1 saturated heterocycles. The van der Waals surface area contributed by atoms with Crippen molar-refractivity contribution in [3.05, 3.63) is 60.0 Å². The van der Waals surface area contributed by atoms with Gasteiger partial charge in [-0.25, -0.2) is 17.2 Å². The molecule has 8 nitrogen and oxygen atoms in total. The molecule has 2 aromatic carbocycles. The summed E-state index contributed by atoms with van der Waals surface area (Å²) in [5, 5.41) is 6.54. The van der Waals surface area contributed by atoms with E-state index in [-0.39, 0.29) is 29.6 Å². The molecule has 1 amide bonds. The van der Waals surface area contributed by atoms with Crippen LogP contribution >= 0.6 is 0 Å². The van der Waals surface area contributed by atoms with E-state index >= 15 is 0 Å². The quantitative estimate of drug-likeness (QED) is 0.564. The molecule has 2 aliphatic rings. The predicted molar refractivity (Wildman–Crippen MR) is 118 cm³/mol. The highest BCUT2D eigenvalue weighted by Crippen LogP contribution is 2.39. The van der Waals surface area contributed by atoms with Gasteiger partial charge in [-0.1, -0.05) is 5.16 Å². The molecule has 3 aromatic rings. The first-order valence-corrected chi connectivity index (χ1v) is 12.5. The summed E-state index contributed by atoms with van der Waals surface area (Å²) >= 11 is 0. The molecule has 1 aliphatic heterocycles. The van der Waals surface area contributed by atoms with E-state index in [1.165, 1.54) is 22.5 Å². The van der Waals surface area contributed by atoms with Crippen molar-refractivity contribution in [3.63, 3.8) is 0 Å². The first-order chi connectivity index (χ1) is 16.3. The van der Waals surface area contributed by atoms with E-state index in [1.807, 2.05) is 0 Å². The van der Waals surface area contributed by atoms with Crippen molar-refractivity contribution in [2.75, 3.05) is 18.4 Å². The second-order valence-corrected chi connectivity index (χ2v) is 10.5. The lowest BCUT2D eigenvalue weighted by molar-refractivity contribution is -0.120. The molecule has 1 aromatic heterocycles. The number of sulfonamides is 1. The highest BCUT2D eigenvalue weighted by atomic mass is 32.2. The Morgan fingerprint density at radius 2 is 1.71 bits per heavy atom. The Bertz CT molecular complexity index is 1310. The van der Waals surface area contributed by atoms with E-state index in [0.29, 0.717) is 36.0 Å². The van der Waals surface area contributed by atoms with Gasteiger partial charge in [0, 0.05) is 42.2 Å². The summed E-state index contributed by atoms with van der Waals surface area (Å²) < 4.78 is 59.2. The first-order valence-electron chi connectivity index (χ1n) is 11.0. The molecular formula is C23H22F2N4O4S.